The van der Waals surface area contributed by atoms with E-state index >= 15 is 0 Å². The van der Waals surface area contributed by atoms with Gasteiger partial charge >= 0.3 is 0 Å². The Bertz CT molecular complexity index is 533. The van der Waals surface area contributed by atoms with Gasteiger partial charge in [0.2, 0.25) is 11.8 Å². The largest absolute Gasteiger partial charge is 0.343 e. The first-order valence-electron chi connectivity index (χ1n) is 7.96. The van der Waals surface area contributed by atoms with Crippen LogP contribution in [0.2, 0.25) is 0 Å². The molecule has 2 rings (SSSR count). The van der Waals surface area contributed by atoms with Gasteiger partial charge in [-0.3, -0.25) is 14.7 Å². The molecule has 1 aliphatic heterocycles. The standard InChI is InChI=1S/C16H26N4O2/c1-11-16(12(2)18-17-11)13(3)19(4)14(21)7-5-9-20-10-6-8-15(20)22/h13H,5-10H2,1-4H3,(H,17,18). The van der Waals surface area contributed by atoms with Crippen molar-refractivity contribution in [1.82, 2.24) is 20.0 Å². The number of aromatic amines is 1. The number of carbonyl (C=O) groups excluding carboxylic acids is 2. The van der Waals surface area contributed by atoms with Gasteiger partial charge in [-0.05, 0) is 33.6 Å². The first-order chi connectivity index (χ1) is 10.4. The molecular weight excluding hydrogens is 280 g/mol. The number of nitrogens with one attached hydrogen (secondary N) is 1. The van der Waals surface area contributed by atoms with Crippen molar-refractivity contribution in [3.8, 4) is 0 Å². The first kappa shape index (κ1) is 16.5. The van der Waals surface area contributed by atoms with Crippen molar-refractivity contribution in [3.05, 3.63) is 17.0 Å². The van der Waals surface area contributed by atoms with Crippen molar-refractivity contribution in [2.75, 3.05) is 20.1 Å². The molecule has 0 spiro atoms. The van der Waals surface area contributed by atoms with Gasteiger partial charge in [-0.25, -0.2) is 0 Å². The molecule has 1 aromatic rings. The second-order valence-electron chi connectivity index (χ2n) is 6.12. The minimum Gasteiger partial charge on any atom is -0.343 e. The third kappa shape index (κ3) is 3.48. The molecule has 1 aromatic heterocycles. The first-order valence-corrected chi connectivity index (χ1v) is 7.96. The molecular formula is C16H26N4O2. The van der Waals surface area contributed by atoms with Gasteiger partial charge in [0, 0.05) is 44.2 Å². The van der Waals surface area contributed by atoms with E-state index in [0.717, 1.165) is 36.3 Å². The van der Waals surface area contributed by atoms with E-state index in [0.29, 0.717) is 19.4 Å². The predicted octanol–water partition coefficient (Wildman–Crippen LogP) is 1.95. The fourth-order valence-corrected chi connectivity index (χ4v) is 3.12. The lowest BCUT2D eigenvalue weighted by molar-refractivity contribution is -0.133. The molecule has 2 amide bonds. The van der Waals surface area contributed by atoms with Crippen LogP contribution >= 0.6 is 0 Å². The molecule has 6 heteroatoms. The minimum absolute atomic E-state index is 0.000307. The summed E-state index contributed by atoms with van der Waals surface area (Å²) in [6, 6.07) is -0.000307. The molecule has 22 heavy (non-hydrogen) atoms. The quantitative estimate of drug-likeness (QED) is 0.873. The van der Waals surface area contributed by atoms with Crippen molar-refractivity contribution in [1.29, 1.82) is 0 Å². The summed E-state index contributed by atoms with van der Waals surface area (Å²) in [4.78, 5) is 27.5. The van der Waals surface area contributed by atoms with Gasteiger partial charge in [0.05, 0.1) is 11.7 Å². The number of hydrogen-bond acceptors (Lipinski definition) is 3. The summed E-state index contributed by atoms with van der Waals surface area (Å²) >= 11 is 0. The number of aromatic nitrogens is 2. The lowest BCUT2D eigenvalue weighted by Crippen LogP contribution is -2.31. The van der Waals surface area contributed by atoms with Gasteiger partial charge in [-0.15, -0.1) is 0 Å². The Morgan fingerprint density at radius 2 is 2.18 bits per heavy atom. The van der Waals surface area contributed by atoms with E-state index in [1.165, 1.54) is 0 Å². The van der Waals surface area contributed by atoms with Crippen LogP contribution in [0.25, 0.3) is 0 Å². The second kappa shape index (κ2) is 6.94. The van der Waals surface area contributed by atoms with E-state index in [4.69, 9.17) is 0 Å². The van der Waals surface area contributed by atoms with Crippen molar-refractivity contribution in [3.63, 3.8) is 0 Å². The van der Waals surface area contributed by atoms with Gasteiger partial charge in [-0.2, -0.15) is 5.10 Å². The summed E-state index contributed by atoms with van der Waals surface area (Å²) in [5.74, 6) is 0.331. The number of aryl methyl sites for hydroxylation is 2. The maximum absolute atomic E-state index is 12.3. The summed E-state index contributed by atoms with van der Waals surface area (Å²) in [5.41, 5.74) is 3.03. The summed E-state index contributed by atoms with van der Waals surface area (Å²) in [6.45, 7) is 7.48. The van der Waals surface area contributed by atoms with E-state index in [9.17, 15) is 9.59 Å². The zero-order valence-corrected chi connectivity index (χ0v) is 14.0. The molecule has 1 saturated heterocycles. The van der Waals surface area contributed by atoms with Crippen molar-refractivity contribution in [2.24, 2.45) is 0 Å². The molecule has 0 radical (unpaired) electrons. The molecule has 1 aliphatic rings. The van der Waals surface area contributed by atoms with Crippen LogP contribution < -0.4 is 0 Å². The highest BCUT2D eigenvalue weighted by Gasteiger charge is 2.23. The molecule has 0 aliphatic carbocycles. The number of hydrogen-bond donors (Lipinski definition) is 1. The summed E-state index contributed by atoms with van der Waals surface area (Å²) in [7, 11) is 1.83. The highest BCUT2D eigenvalue weighted by atomic mass is 16.2. The fraction of sp³-hybridized carbons (Fsp3) is 0.688. The average Bonchev–Trinajstić information content (AvgIpc) is 3.03. The number of H-pyrrole nitrogens is 1. The van der Waals surface area contributed by atoms with Crippen molar-refractivity contribution in [2.45, 2.75) is 52.5 Å². The molecule has 1 N–H and O–H groups in total. The van der Waals surface area contributed by atoms with E-state index in [1.807, 2.05) is 32.7 Å². The zero-order chi connectivity index (χ0) is 16.3. The third-order valence-corrected chi connectivity index (χ3v) is 4.57. The number of nitrogens with zero attached hydrogens (tertiary/aromatic N) is 3. The Kier molecular flexibility index (Phi) is 5.21. The van der Waals surface area contributed by atoms with Gasteiger partial charge in [0.15, 0.2) is 0 Å². The molecule has 0 bridgehead atoms. The number of rotatable bonds is 6. The van der Waals surface area contributed by atoms with Crippen LogP contribution in [0.15, 0.2) is 0 Å². The Balaban J connectivity index is 1.85. The van der Waals surface area contributed by atoms with Crippen LogP contribution in [0.5, 0.6) is 0 Å². The van der Waals surface area contributed by atoms with E-state index in [1.54, 1.807) is 4.90 Å². The van der Waals surface area contributed by atoms with Crippen LogP contribution in [-0.4, -0.2) is 51.9 Å². The normalized spacial score (nSPS) is 16.2. The van der Waals surface area contributed by atoms with Crippen LogP contribution in [0.4, 0.5) is 0 Å². The number of amides is 2. The molecule has 1 unspecified atom stereocenters. The smallest absolute Gasteiger partial charge is 0.222 e. The molecule has 1 fully saturated rings. The lowest BCUT2D eigenvalue weighted by atomic mass is 10.0. The summed E-state index contributed by atoms with van der Waals surface area (Å²) < 4.78 is 0. The molecule has 0 saturated carbocycles. The molecule has 2 heterocycles. The van der Waals surface area contributed by atoms with E-state index < -0.39 is 0 Å². The zero-order valence-electron chi connectivity index (χ0n) is 14.0. The monoisotopic (exact) mass is 306 g/mol. The summed E-state index contributed by atoms with van der Waals surface area (Å²) in [5, 5.41) is 7.16. The van der Waals surface area contributed by atoms with Gasteiger partial charge in [0.25, 0.3) is 0 Å². The minimum atomic E-state index is -0.000307. The lowest BCUT2D eigenvalue weighted by Gasteiger charge is -2.26. The number of likely N-dealkylation sites (tertiary alicyclic amines) is 1. The number of carbonyl (C=O) groups is 2. The van der Waals surface area contributed by atoms with Crippen molar-refractivity contribution >= 4 is 11.8 Å². The Labute approximate surface area is 131 Å². The van der Waals surface area contributed by atoms with Gasteiger partial charge in [-0.1, -0.05) is 0 Å². The van der Waals surface area contributed by atoms with Crippen LogP contribution in [-0.2, 0) is 9.59 Å². The van der Waals surface area contributed by atoms with Crippen LogP contribution in [0, 0.1) is 13.8 Å². The highest BCUT2D eigenvalue weighted by Crippen LogP contribution is 2.24. The Morgan fingerprint density at radius 3 is 2.73 bits per heavy atom. The van der Waals surface area contributed by atoms with Crippen molar-refractivity contribution < 1.29 is 9.59 Å². The third-order valence-electron chi connectivity index (χ3n) is 4.57. The Hall–Kier alpha value is -1.85. The molecule has 6 nitrogen and oxygen atoms in total. The topological polar surface area (TPSA) is 69.3 Å². The van der Waals surface area contributed by atoms with E-state index in [2.05, 4.69) is 10.2 Å². The maximum atomic E-state index is 12.3. The molecule has 0 aromatic carbocycles. The summed E-state index contributed by atoms with van der Waals surface area (Å²) in [6.07, 6.45) is 2.80. The van der Waals surface area contributed by atoms with Gasteiger partial charge < -0.3 is 9.80 Å². The average molecular weight is 306 g/mol. The molecule has 122 valence electrons. The van der Waals surface area contributed by atoms with Crippen LogP contribution in [0.3, 0.4) is 0 Å². The predicted molar refractivity (Wildman–Crippen MR) is 84.3 cm³/mol. The second-order valence-corrected chi connectivity index (χ2v) is 6.12. The fourth-order valence-electron chi connectivity index (χ4n) is 3.12. The van der Waals surface area contributed by atoms with E-state index in [-0.39, 0.29) is 17.9 Å². The van der Waals surface area contributed by atoms with Crippen LogP contribution in [0.1, 0.15) is 55.6 Å². The van der Waals surface area contributed by atoms with Gasteiger partial charge in [0.1, 0.15) is 0 Å². The molecule has 1 atom stereocenters. The SMILES string of the molecule is Cc1n[nH]c(C)c1C(C)N(C)C(=O)CCCN1CCCC1=O. The highest BCUT2D eigenvalue weighted by molar-refractivity contribution is 5.78. The Morgan fingerprint density at radius 1 is 1.45 bits per heavy atom. The maximum Gasteiger partial charge on any atom is 0.222 e.